The van der Waals surface area contributed by atoms with Crippen LogP contribution in [-0.2, 0) is 9.53 Å². The maximum absolute atomic E-state index is 12.6. The predicted octanol–water partition coefficient (Wildman–Crippen LogP) is 3.63. The fourth-order valence-electron chi connectivity index (χ4n) is 6.27. The summed E-state index contributed by atoms with van der Waals surface area (Å²) in [6.07, 6.45) is 8.58. The Bertz CT molecular complexity index is 608. The van der Waals surface area contributed by atoms with E-state index in [2.05, 4.69) is 32.6 Å². The van der Waals surface area contributed by atoms with E-state index >= 15 is 0 Å². The van der Waals surface area contributed by atoms with Crippen LogP contribution >= 0.6 is 0 Å². The number of aliphatic hydroxyl groups is 1. The number of esters is 1. The lowest BCUT2D eigenvalue weighted by Gasteiger charge is -2.58. The Morgan fingerprint density at radius 2 is 2.04 bits per heavy atom. The number of carbonyl (C=O) groups is 1. The minimum atomic E-state index is -0.737. The van der Waals surface area contributed by atoms with E-state index in [1.165, 1.54) is 5.57 Å². The average molecular weight is 316 g/mol. The Hall–Kier alpha value is -1.09. The van der Waals surface area contributed by atoms with Gasteiger partial charge < -0.3 is 9.84 Å². The number of carbonyl (C=O) groups excluding carboxylic acids is 1. The van der Waals surface area contributed by atoms with Crippen molar-refractivity contribution in [3.63, 3.8) is 0 Å². The van der Waals surface area contributed by atoms with E-state index in [0.29, 0.717) is 12.3 Å². The van der Waals surface area contributed by atoms with Gasteiger partial charge in [0, 0.05) is 5.92 Å². The molecule has 0 amide bonds. The van der Waals surface area contributed by atoms with Crippen molar-refractivity contribution in [3.05, 3.63) is 24.3 Å². The molecule has 126 valence electrons. The largest absolute Gasteiger partial charge is 0.457 e. The van der Waals surface area contributed by atoms with Crippen molar-refractivity contribution < 1.29 is 14.6 Å². The summed E-state index contributed by atoms with van der Waals surface area (Å²) in [6, 6.07) is 0. The molecule has 4 rings (SSSR count). The van der Waals surface area contributed by atoms with E-state index in [0.717, 1.165) is 25.7 Å². The number of rotatable bonds is 1. The van der Waals surface area contributed by atoms with Gasteiger partial charge in [-0.1, -0.05) is 25.5 Å². The molecule has 7 atom stereocenters. The van der Waals surface area contributed by atoms with Crippen LogP contribution in [0.4, 0.5) is 0 Å². The van der Waals surface area contributed by atoms with Gasteiger partial charge in [0.15, 0.2) is 0 Å². The van der Waals surface area contributed by atoms with Crippen LogP contribution in [0.1, 0.15) is 52.9 Å². The zero-order valence-electron chi connectivity index (χ0n) is 14.5. The van der Waals surface area contributed by atoms with E-state index < -0.39 is 11.5 Å². The van der Waals surface area contributed by atoms with Crippen molar-refractivity contribution in [2.75, 3.05) is 0 Å². The van der Waals surface area contributed by atoms with E-state index in [9.17, 15) is 9.90 Å². The maximum atomic E-state index is 12.6. The second-order valence-electron chi connectivity index (χ2n) is 9.06. The molecule has 0 bridgehead atoms. The number of hydrogen-bond acceptors (Lipinski definition) is 3. The van der Waals surface area contributed by atoms with Crippen molar-refractivity contribution >= 4 is 5.97 Å². The minimum absolute atomic E-state index is 0.0530. The zero-order valence-corrected chi connectivity index (χ0v) is 14.5. The van der Waals surface area contributed by atoms with Crippen molar-refractivity contribution in [2.24, 2.45) is 28.1 Å². The van der Waals surface area contributed by atoms with Gasteiger partial charge in [0.05, 0.1) is 11.5 Å². The highest BCUT2D eigenvalue weighted by Gasteiger charge is 2.69. The molecule has 1 N–H and O–H groups in total. The van der Waals surface area contributed by atoms with E-state index in [1.54, 1.807) is 0 Å². The zero-order chi connectivity index (χ0) is 16.6. The molecule has 3 heteroatoms. The number of fused-ring (bicyclic) bond motifs is 2. The molecule has 2 unspecified atom stereocenters. The molecule has 3 nitrogen and oxygen atoms in total. The molecule has 0 aromatic carbocycles. The quantitative estimate of drug-likeness (QED) is 0.593. The van der Waals surface area contributed by atoms with Crippen LogP contribution in [0.25, 0.3) is 0 Å². The first-order chi connectivity index (χ1) is 10.7. The first kappa shape index (κ1) is 15.4. The Morgan fingerprint density at radius 3 is 2.74 bits per heavy atom. The van der Waals surface area contributed by atoms with Crippen molar-refractivity contribution in [2.45, 2.75) is 65.1 Å². The van der Waals surface area contributed by atoms with Gasteiger partial charge in [0.25, 0.3) is 0 Å². The minimum Gasteiger partial charge on any atom is -0.457 e. The van der Waals surface area contributed by atoms with Crippen LogP contribution in [0.15, 0.2) is 24.3 Å². The molecular weight excluding hydrogens is 288 g/mol. The van der Waals surface area contributed by atoms with Crippen LogP contribution in [0.3, 0.4) is 0 Å². The standard InChI is InChI=1S/C20H28O3/c1-5-18(2)8-6-13-12(11-18)10-14-16-19(13,3)9-7-15(21)20(16,4)17(22)23-14/h5,10,13-16,21H,1,6-9,11H2,2-4H3/t13?,14-,15+,16?,18-,19-,20+/m1/s1. The van der Waals surface area contributed by atoms with Crippen LogP contribution in [0, 0.1) is 28.1 Å². The summed E-state index contributed by atoms with van der Waals surface area (Å²) in [6.45, 7) is 10.6. The van der Waals surface area contributed by atoms with Crippen molar-refractivity contribution in [1.82, 2.24) is 0 Å². The molecule has 4 aliphatic rings. The third-order valence-electron chi connectivity index (χ3n) is 7.74. The molecule has 0 aromatic heterocycles. The Kier molecular flexibility index (Phi) is 3.02. The third kappa shape index (κ3) is 1.77. The van der Waals surface area contributed by atoms with Gasteiger partial charge in [-0.05, 0) is 61.9 Å². The van der Waals surface area contributed by atoms with E-state index in [4.69, 9.17) is 4.74 Å². The molecular formula is C20H28O3. The second kappa shape index (κ2) is 4.50. The number of hydrogen-bond donors (Lipinski definition) is 1. The first-order valence-electron chi connectivity index (χ1n) is 8.98. The van der Waals surface area contributed by atoms with Crippen molar-refractivity contribution in [3.8, 4) is 0 Å². The van der Waals surface area contributed by atoms with Crippen LogP contribution in [-0.4, -0.2) is 23.3 Å². The SMILES string of the molecule is C=C[C@]1(C)CCC2C(=C[C@H]3OC(=O)[C@]4(C)C3[C@]2(C)CC[C@@H]4O)C1. The first-order valence-corrected chi connectivity index (χ1v) is 8.98. The fraction of sp³-hybridized carbons (Fsp3) is 0.750. The molecule has 0 radical (unpaired) electrons. The molecule has 3 fully saturated rings. The molecule has 1 heterocycles. The van der Waals surface area contributed by atoms with Gasteiger partial charge in [0.1, 0.15) is 6.10 Å². The third-order valence-corrected chi connectivity index (χ3v) is 7.74. The average Bonchev–Trinajstić information content (AvgIpc) is 2.77. The monoisotopic (exact) mass is 316 g/mol. The predicted molar refractivity (Wildman–Crippen MR) is 88.6 cm³/mol. The highest BCUT2D eigenvalue weighted by molar-refractivity contribution is 5.81. The Balaban J connectivity index is 1.81. The number of allylic oxidation sites excluding steroid dienone is 2. The molecule has 1 saturated heterocycles. The van der Waals surface area contributed by atoms with E-state index in [1.807, 2.05) is 6.92 Å². The van der Waals surface area contributed by atoms with Crippen LogP contribution < -0.4 is 0 Å². The van der Waals surface area contributed by atoms with Gasteiger partial charge in [-0.3, -0.25) is 4.79 Å². The maximum Gasteiger partial charge on any atom is 0.315 e. The highest BCUT2D eigenvalue weighted by Crippen LogP contribution is 2.66. The van der Waals surface area contributed by atoms with Gasteiger partial charge >= 0.3 is 5.97 Å². The summed E-state index contributed by atoms with van der Waals surface area (Å²) in [5.41, 5.74) is 0.929. The normalized spacial score (nSPS) is 54.6. The lowest BCUT2D eigenvalue weighted by Crippen LogP contribution is -2.58. The molecule has 2 saturated carbocycles. The lowest BCUT2D eigenvalue weighted by atomic mass is 9.45. The number of ether oxygens (including phenoxy) is 1. The molecule has 23 heavy (non-hydrogen) atoms. The highest BCUT2D eigenvalue weighted by atomic mass is 16.6. The molecule has 1 aliphatic heterocycles. The summed E-state index contributed by atoms with van der Waals surface area (Å²) in [4.78, 5) is 12.6. The second-order valence-corrected chi connectivity index (χ2v) is 9.06. The molecule has 0 spiro atoms. The fourth-order valence-corrected chi connectivity index (χ4v) is 6.27. The van der Waals surface area contributed by atoms with Gasteiger partial charge in [-0.25, -0.2) is 0 Å². The lowest BCUT2D eigenvalue weighted by molar-refractivity contribution is -0.158. The summed E-state index contributed by atoms with van der Waals surface area (Å²) in [5.74, 6) is 0.416. The summed E-state index contributed by atoms with van der Waals surface area (Å²) in [5, 5.41) is 10.6. The summed E-state index contributed by atoms with van der Waals surface area (Å²) >= 11 is 0. The Morgan fingerprint density at radius 1 is 1.30 bits per heavy atom. The van der Waals surface area contributed by atoms with Gasteiger partial charge in [-0.2, -0.15) is 0 Å². The number of aliphatic hydroxyl groups excluding tert-OH is 1. The molecule has 0 aromatic rings. The summed E-state index contributed by atoms with van der Waals surface area (Å²) < 4.78 is 5.77. The topological polar surface area (TPSA) is 46.5 Å². The van der Waals surface area contributed by atoms with E-state index in [-0.39, 0.29) is 28.8 Å². The van der Waals surface area contributed by atoms with Gasteiger partial charge in [0.2, 0.25) is 0 Å². The summed E-state index contributed by atoms with van der Waals surface area (Å²) in [7, 11) is 0. The van der Waals surface area contributed by atoms with Crippen LogP contribution in [0.2, 0.25) is 0 Å². The molecule has 3 aliphatic carbocycles. The smallest absolute Gasteiger partial charge is 0.315 e. The van der Waals surface area contributed by atoms with Gasteiger partial charge in [-0.15, -0.1) is 6.58 Å². The van der Waals surface area contributed by atoms with Crippen molar-refractivity contribution in [1.29, 1.82) is 0 Å². The Labute approximate surface area is 138 Å². The van der Waals surface area contributed by atoms with Crippen LogP contribution in [0.5, 0.6) is 0 Å².